The number of aliphatic hydroxyl groups excluding tert-OH is 1. The Morgan fingerprint density at radius 3 is 0.864 bits per heavy atom. The molecule has 3 unspecified atom stereocenters. The van der Waals surface area contributed by atoms with Gasteiger partial charge in [0.2, 0.25) is 0 Å². The first-order chi connectivity index (χ1) is 42.4. The molecule has 88 heavy (non-hydrogen) atoms. The molecule has 3 N–H and O–H groups in total. The van der Waals surface area contributed by atoms with Crippen LogP contribution >= 0.6 is 15.6 Å². The highest BCUT2D eigenvalue weighted by Crippen LogP contribution is 2.45. The van der Waals surface area contributed by atoms with Crippen molar-refractivity contribution in [3.63, 3.8) is 0 Å². The standard InChI is InChI=1S/C69H134O17P2/c1-7-10-12-14-16-17-18-19-20-21-22-23-24-25-30-34-41-47-53-68(73)85-64(58-80-67(72)52-46-40-33-29-27-26-28-32-38-44-50-62(6)9-3)59-83-87(75,76)81-55-63(70)56-82-88(77,78)84-60-65(57-79-66(71)51-45-39-31-15-13-11-8-2)86-69(74)54-48-42-36-35-37-43-49-61(4)5/h61-65,70H,7-60H2,1-6H3,(H,75,76)(H,77,78)/t62?,63-,64-,65-/m1/s1. The quantitative estimate of drug-likeness (QED) is 0.0222. The second-order valence-electron chi connectivity index (χ2n) is 25.6. The minimum atomic E-state index is -4.95. The van der Waals surface area contributed by atoms with Crippen molar-refractivity contribution in [1.82, 2.24) is 0 Å². The Balaban J connectivity index is 5.19. The van der Waals surface area contributed by atoms with E-state index in [1.54, 1.807) is 0 Å². The Morgan fingerprint density at radius 2 is 0.580 bits per heavy atom. The topological polar surface area (TPSA) is 237 Å². The average Bonchev–Trinajstić information content (AvgIpc) is 3.58. The molecule has 522 valence electrons. The van der Waals surface area contributed by atoms with Crippen LogP contribution in [0.2, 0.25) is 0 Å². The molecule has 0 fully saturated rings. The van der Waals surface area contributed by atoms with Gasteiger partial charge in [-0.1, -0.05) is 298 Å². The Bertz CT molecular complexity index is 1720. The lowest BCUT2D eigenvalue weighted by Gasteiger charge is -2.21. The minimum Gasteiger partial charge on any atom is -0.462 e. The molecule has 6 atom stereocenters. The predicted molar refractivity (Wildman–Crippen MR) is 354 cm³/mol. The van der Waals surface area contributed by atoms with Crippen molar-refractivity contribution in [2.75, 3.05) is 39.6 Å². The summed E-state index contributed by atoms with van der Waals surface area (Å²) in [5, 5.41) is 10.6. The van der Waals surface area contributed by atoms with Crippen LogP contribution in [0.5, 0.6) is 0 Å². The maximum Gasteiger partial charge on any atom is 0.472 e. The summed E-state index contributed by atoms with van der Waals surface area (Å²) in [4.78, 5) is 72.3. The van der Waals surface area contributed by atoms with Gasteiger partial charge in [-0.15, -0.1) is 0 Å². The third-order valence-electron chi connectivity index (χ3n) is 16.3. The zero-order chi connectivity index (χ0) is 65.0. The molecule has 0 heterocycles. The van der Waals surface area contributed by atoms with Crippen LogP contribution in [0.4, 0.5) is 0 Å². The Labute approximate surface area is 537 Å². The maximum absolute atomic E-state index is 13.0. The first-order valence-electron chi connectivity index (χ1n) is 36.0. The molecule has 17 nitrogen and oxygen atoms in total. The van der Waals surface area contributed by atoms with Crippen LogP contribution < -0.4 is 0 Å². The second kappa shape index (κ2) is 61.3. The van der Waals surface area contributed by atoms with Crippen LogP contribution in [-0.2, 0) is 65.4 Å². The van der Waals surface area contributed by atoms with E-state index >= 15 is 0 Å². The largest absolute Gasteiger partial charge is 0.472 e. The molecule has 0 radical (unpaired) electrons. The average molecular weight is 1300 g/mol. The van der Waals surface area contributed by atoms with Crippen LogP contribution in [0, 0.1) is 11.8 Å². The smallest absolute Gasteiger partial charge is 0.462 e. The number of hydrogen-bond donors (Lipinski definition) is 3. The first-order valence-corrected chi connectivity index (χ1v) is 39.0. The molecule has 0 rings (SSSR count). The van der Waals surface area contributed by atoms with E-state index in [1.165, 1.54) is 154 Å². The number of phosphoric acid groups is 2. The normalized spacial score (nSPS) is 14.5. The van der Waals surface area contributed by atoms with E-state index in [0.717, 1.165) is 109 Å². The van der Waals surface area contributed by atoms with Crippen LogP contribution in [-0.4, -0.2) is 96.7 Å². The number of aliphatic hydroxyl groups is 1. The van der Waals surface area contributed by atoms with Crippen molar-refractivity contribution in [2.45, 2.75) is 368 Å². The second-order valence-corrected chi connectivity index (χ2v) is 28.5. The number of unbranched alkanes of at least 4 members (excludes halogenated alkanes) is 37. The van der Waals surface area contributed by atoms with E-state index in [1.807, 2.05) is 0 Å². The van der Waals surface area contributed by atoms with Gasteiger partial charge in [-0.3, -0.25) is 37.3 Å². The van der Waals surface area contributed by atoms with Gasteiger partial charge in [0.15, 0.2) is 12.2 Å². The first kappa shape index (κ1) is 86.1. The number of hydrogen-bond acceptors (Lipinski definition) is 15. The summed E-state index contributed by atoms with van der Waals surface area (Å²) in [5.74, 6) is -0.655. The molecule has 0 aromatic rings. The van der Waals surface area contributed by atoms with Gasteiger partial charge < -0.3 is 33.8 Å². The highest BCUT2D eigenvalue weighted by atomic mass is 31.2. The van der Waals surface area contributed by atoms with Gasteiger partial charge in [0.1, 0.15) is 19.3 Å². The van der Waals surface area contributed by atoms with E-state index in [-0.39, 0.29) is 25.7 Å². The predicted octanol–water partition coefficient (Wildman–Crippen LogP) is 19.6. The van der Waals surface area contributed by atoms with Crippen LogP contribution in [0.25, 0.3) is 0 Å². The van der Waals surface area contributed by atoms with Crippen LogP contribution in [0.1, 0.15) is 350 Å². The third-order valence-corrected chi connectivity index (χ3v) is 18.2. The zero-order valence-corrected chi connectivity index (χ0v) is 58.8. The SMILES string of the molecule is CCCCCCCCCCCCCCCCCCCCC(=O)O[C@H](COC(=O)CCCCCCCCCCCCC(C)CC)COP(=O)(O)OC[C@@H](O)COP(=O)(O)OC[C@@H](COC(=O)CCCCCCCCC)OC(=O)CCCCCCCCC(C)C. The summed E-state index contributed by atoms with van der Waals surface area (Å²) in [6.07, 6.45) is 46.1. The van der Waals surface area contributed by atoms with Crippen molar-refractivity contribution < 1.29 is 80.2 Å². The molecule has 19 heteroatoms. The van der Waals surface area contributed by atoms with E-state index in [9.17, 15) is 43.2 Å². The fourth-order valence-electron chi connectivity index (χ4n) is 10.4. The summed E-state index contributed by atoms with van der Waals surface area (Å²) in [7, 11) is -9.89. The van der Waals surface area contributed by atoms with Gasteiger partial charge in [-0.05, 0) is 37.5 Å². The summed E-state index contributed by atoms with van der Waals surface area (Å²) < 4.78 is 68.1. The van der Waals surface area contributed by atoms with Gasteiger partial charge in [-0.2, -0.15) is 0 Å². The van der Waals surface area contributed by atoms with E-state index in [0.29, 0.717) is 31.6 Å². The number of esters is 4. The molecule has 0 aliphatic carbocycles. The maximum atomic E-state index is 13.0. The molecule has 0 aromatic carbocycles. The highest BCUT2D eigenvalue weighted by molar-refractivity contribution is 7.47. The number of phosphoric ester groups is 2. The van der Waals surface area contributed by atoms with Crippen LogP contribution in [0.3, 0.4) is 0 Å². The molecule has 0 aliphatic heterocycles. The molecule has 0 spiro atoms. The Hall–Kier alpha value is -1.94. The minimum absolute atomic E-state index is 0.102. The monoisotopic (exact) mass is 1300 g/mol. The van der Waals surface area contributed by atoms with Gasteiger partial charge in [0, 0.05) is 25.7 Å². The lowest BCUT2D eigenvalue weighted by Crippen LogP contribution is -2.30. The van der Waals surface area contributed by atoms with Crippen LogP contribution in [0.15, 0.2) is 0 Å². The van der Waals surface area contributed by atoms with Crippen molar-refractivity contribution in [3.05, 3.63) is 0 Å². The summed E-state index contributed by atoms with van der Waals surface area (Å²) in [6.45, 7) is 9.43. The summed E-state index contributed by atoms with van der Waals surface area (Å²) in [6, 6.07) is 0. The van der Waals surface area contributed by atoms with Gasteiger partial charge in [0.05, 0.1) is 26.4 Å². The zero-order valence-electron chi connectivity index (χ0n) is 57.0. The molecular formula is C69H134O17P2. The van der Waals surface area contributed by atoms with E-state index < -0.39 is 97.5 Å². The van der Waals surface area contributed by atoms with Gasteiger partial charge >= 0.3 is 39.5 Å². The summed E-state index contributed by atoms with van der Waals surface area (Å²) in [5.41, 5.74) is 0. The molecule has 0 aliphatic rings. The molecule has 0 amide bonds. The molecule has 0 saturated carbocycles. The third kappa shape index (κ3) is 61.6. The van der Waals surface area contributed by atoms with Crippen molar-refractivity contribution >= 4 is 39.5 Å². The van der Waals surface area contributed by atoms with Gasteiger partial charge in [0.25, 0.3) is 0 Å². The van der Waals surface area contributed by atoms with Crippen molar-refractivity contribution in [1.29, 1.82) is 0 Å². The fourth-order valence-corrected chi connectivity index (χ4v) is 12.0. The van der Waals surface area contributed by atoms with Crippen molar-refractivity contribution in [3.8, 4) is 0 Å². The lowest BCUT2D eigenvalue weighted by atomic mass is 9.99. The Kier molecular flexibility index (Phi) is 59.9. The van der Waals surface area contributed by atoms with E-state index in [4.69, 9.17) is 37.0 Å². The van der Waals surface area contributed by atoms with Gasteiger partial charge in [-0.25, -0.2) is 9.13 Å². The summed E-state index contributed by atoms with van der Waals surface area (Å²) >= 11 is 0. The number of rotatable bonds is 68. The lowest BCUT2D eigenvalue weighted by molar-refractivity contribution is -0.161. The van der Waals surface area contributed by atoms with E-state index in [2.05, 4.69) is 41.5 Å². The fraction of sp³-hybridized carbons (Fsp3) is 0.942. The molecule has 0 aromatic heterocycles. The highest BCUT2D eigenvalue weighted by Gasteiger charge is 2.30. The number of carbonyl (C=O) groups excluding carboxylic acids is 4. The Morgan fingerprint density at radius 1 is 0.330 bits per heavy atom. The molecule has 0 saturated heterocycles. The number of ether oxygens (including phenoxy) is 4. The molecule has 0 bridgehead atoms. The number of carbonyl (C=O) groups is 4. The molecular weight excluding hydrogens is 1160 g/mol. The van der Waals surface area contributed by atoms with Crippen molar-refractivity contribution in [2.24, 2.45) is 11.8 Å².